The summed E-state index contributed by atoms with van der Waals surface area (Å²) in [5.41, 5.74) is 7.22. The Labute approximate surface area is 126 Å². The van der Waals surface area contributed by atoms with Crippen LogP contribution in [0.2, 0.25) is 5.02 Å². The molecule has 1 saturated heterocycles. The van der Waals surface area contributed by atoms with Gasteiger partial charge in [-0.1, -0.05) is 36.7 Å². The molecule has 2 atom stereocenters. The van der Waals surface area contributed by atoms with Gasteiger partial charge in [-0.25, -0.2) is 0 Å². The molecule has 1 aliphatic rings. The van der Waals surface area contributed by atoms with Gasteiger partial charge < -0.3 is 15.2 Å². The monoisotopic (exact) mass is 297 g/mol. The van der Waals surface area contributed by atoms with Crippen molar-refractivity contribution in [3.05, 3.63) is 34.9 Å². The van der Waals surface area contributed by atoms with E-state index in [9.17, 15) is 0 Å². The van der Waals surface area contributed by atoms with Gasteiger partial charge >= 0.3 is 0 Å². The van der Waals surface area contributed by atoms with Crippen LogP contribution in [0.25, 0.3) is 0 Å². The second-order valence-corrected chi connectivity index (χ2v) is 5.81. The van der Waals surface area contributed by atoms with Gasteiger partial charge in [-0.15, -0.1) is 0 Å². The van der Waals surface area contributed by atoms with Gasteiger partial charge in [0.2, 0.25) is 0 Å². The van der Waals surface area contributed by atoms with E-state index >= 15 is 0 Å². The summed E-state index contributed by atoms with van der Waals surface area (Å²) in [6.07, 6.45) is 2.87. The molecule has 0 spiro atoms. The molecular formula is C16H24ClNO2. The van der Waals surface area contributed by atoms with Crippen molar-refractivity contribution in [3.63, 3.8) is 0 Å². The van der Waals surface area contributed by atoms with Crippen LogP contribution in [-0.4, -0.2) is 25.9 Å². The number of halogens is 1. The van der Waals surface area contributed by atoms with Gasteiger partial charge in [-0.3, -0.25) is 0 Å². The van der Waals surface area contributed by atoms with Crippen molar-refractivity contribution < 1.29 is 9.47 Å². The van der Waals surface area contributed by atoms with E-state index in [4.69, 9.17) is 26.8 Å². The van der Waals surface area contributed by atoms with Gasteiger partial charge in [0.05, 0.1) is 12.7 Å². The molecule has 2 rings (SSSR count). The van der Waals surface area contributed by atoms with Crippen LogP contribution in [0, 0.1) is 5.92 Å². The average Bonchev–Trinajstić information content (AvgIpc) is 2.50. The highest BCUT2D eigenvalue weighted by Gasteiger charge is 2.23. The lowest BCUT2D eigenvalue weighted by atomic mass is 9.99. The third-order valence-electron chi connectivity index (χ3n) is 3.92. The number of nitrogens with two attached hydrogens (primary N) is 1. The molecule has 0 radical (unpaired) electrons. The lowest BCUT2D eigenvalue weighted by Crippen LogP contribution is -2.32. The Morgan fingerprint density at radius 3 is 2.70 bits per heavy atom. The molecule has 1 aromatic rings. The lowest BCUT2D eigenvalue weighted by molar-refractivity contribution is -0.0211. The molecule has 0 bridgehead atoms. The Balaban J connectivity index is 2.02. The standard InChI is InChI=1S/C16H24ClNO2/c1-2-15(18)16(13-5-3-4-6-14(13)17)20-11-12-7-9-19-10-8-12/h3-6,12,15-16H,2,7-11,18H2,1H3. The minimum atomic E-state index is -0.128. The van der Waals surface area contributed by atoms with Crippen molar-refractivity contribution in [1.29, 1.82) is 0 Å². The number of ether oxygens (including phenoxy) is 2. The summed E-state index contributed by atoms with van der Waals surface area (Å²) in [5, 5.41) is 0.730. The molecule has 1 aliphatic heterocycles. The summed E-state index contributed by atoms with van der Waals surface area (Å²) in [7, 11) is 0. The van der Waals surface area contributed by atoms with Crippen molar-refractivity contribution in [2.75, 3.05) is 19.8 Å². The van der Waals surface area contributed by atoms with Crippen LogP contribution in [0.5, 0.6) is 0 Å². The maximum atomic E-state index is 6.29. The van der Waals surface area contributed by atoms with Crippen molar-refractivity contribution >= 4 is 11.6 Å². The summed E-state index contributed by atoms with van der Waals surface area (Å²) in [5.74, 6) is 0.567. The van der Waals surface area contributed by atoms with Gasteiger partial charge in [0.25, 0.3) is 0 Å². The molecule has 20 heavy (non-hydrogen) atoms. The molecule has 2 unspecified atom stereocenters. The number of rotatable bonds is 6. The molecule has 3 nitrogen and oxygen atoms in total. The van der Waals surface area contributed by atoms with E-state index in [1.807, 2.05) is 24.3 Å². The smallest absolute Gasteiger partial charge is 0.0990 e. The molecule has 0 aliphatic carbocycles. The van der Waals surface area contributed by atoms with Crippen LogP contribution >= 0.6 is 11.6 Å². The maximum Gasteiger partial charge on any atom is 0.0990 e. The van der Waals surface area contributed by atoms with Crippen LogP contribution in [0.1, 0.15) is 37.9 Å². The molecule has 0 saturated carbocycles. The predicted octanol–water partition coefficient (Wildman–Crippen LogP) is 3.56. The molecule has 1 fully saturated rings. The molecule has 1 heterocycles. The molecule has 112 valence electrons. The summed E-state index contributed by atoms with van der Waals surface area (Å²) >= 11 is 6.29. The summed E-state index contributed by atoms with van der Waals surface area (Å²) in [4.78, 5) is 0. The van der Waals surface area contributed by atoms with Gasteiger partial charge in [-0.05, 0) is 31.2 Å². The first-order chi connectivity index (χ1) is 9.72. The minimum Gasteiger partial charge on any atom is -0.381 e. The SMILES string of the molecule is CCC(N)C(OCC1CCOCC1)c1ccccc1Cl. The number of hydrogen-bond donors (Lipinski definition) is 1. The minimum absolute atomic E-state index is 0.0326. The van der Waals surface area contributed by atoms with E-state index in [1.165, 1.54) is 0 Å². The Morgan fingerprint density at radius 2 is 2.05 bits per heavy atom. The highest BCUT2D eigenvalue weighted by atomic mass is 35.5. The average molecular weight is 298 g/mol. The number of hydrogen-bond acceptors (Lipinski definition) is 3. The van der Waals surface area contributed by atoms with Crippen LogP contribution in [0.3, 0.4) is 0 Å². The Bertz CT molecular complexity index is 407. The van der Waals surface area contributed by atoms with E-state index in [-0.39, 0.29) is 12.1 Å². The first-order valence-electron chi connectivity index (χ1n) is 7.41. The normalized spacial score (nSPS) is 19.8. The van der Waals surface area contributed by atoms with E-state index in [1.54, 1.807) is 0 Å². The summed E-state index contributed by atoms with van der Waals surface area (Å²) in [6.45, 7) is 4.48. The Hall–Kier alpha value is -0.610. The van der Waals surface area contributed by atoms with Crippen LogP contribution in [0.4, 0.5) is 0 Å². The van der Waals surface area contributed by atoms with E-state index < -0.39 is 0 Å². The fraction of sp³-hybridized carbons (Fsp3) is 0.625. The predicted molar refractivity (Wildman–Crippen MR) is 82.0 cm³/mol. The molecule has 0 aromatic heterocycles. The van der Waals surface area contributed by atoms with Gasteiger partial charge in [-0.2, -0.15) is 0 Å². The first-order valence-corrected chi connectivity index (χ1v) is 7.79. The van der Waals surface area contributed by atoms with E-state index in [0.717, 1.165) is 49.7 Å². The van der Waals surface area contributed by atoms with Crippen molar-refractivity contribution in [2.24, 2.45) is 11.7 Å². The topological polar surface area (TPSA) is 44.5 Å². The highest BCUT2D eigenvalue weighted by Crippen LogP contribution is 2.30. The van der Waals surface area contributed by atoms with Gasteiger partial charge in [0.1, 0.15) is 0 Å². The Morgan fingerprint density at radius 1 is 1.35 bits per heavy atom. The molecule has 1 aromatic carbocycles. The van der Waals surface area contributed by atoms with Crippen LogP contribution in [0.15, 0.2) is 24.3 Å². The van der Waals surface area contributed by atoms with E-state index in [0.29, 0.717) is 5.92 Å². The highest BCUT2D eigenvalue weighted by molar-refractivity contribution is 6.31. The molecule has 2 N–H and O–H groups in total. The van der Waals surface area contributed by atoms with Gasteiger partial charge in [0, 0.05) is 29.8 Å². The zero-order chi connectivity index (χ0) is 14.4. The fourth-order valence-corrected chi connectivity index (χ4v) is 2.76. The van der Waals surface area contributed by atoms with Gasteiger partial charge in [0.15, 0.2) is 0 Å². The second-order valence-electron chi connectivity index (χ2n) is 5.40. The quantitative estimate of drug-likeness (QED) is 0.873. The summed E-state index contributed by atoms with van der Waals surface area (Å²) in [6, 6.07) is 7.78. The largest absolute Gasteiger partial charge is 0.381 e. The van der Waals surface area contributed by atoms with E-state index in [2.05, 4.69) is 6.92 Å². The zero-order valence-corrected chi connectivity index (χ0v) is 12.8. The molecule has 0 amide bonds. The fourth-order valence-electron chi connectivity index (χ4n) is 2.52. The first kappa shape index (κ1) is 15.8. The Kier molecular flexibility index (Phi) is 6.30. The molecular weight excluding hydrogens is 274 g/mol. The van der Waals surface area contributed by atoms with Crippen molar-refractivity contribution in [1.82, 2.24) is 0 Å². The van der Waals surface area contributed by atoms with Crippen LogP contribution in [-0.2, 0) is 9.47 Å². The summed E-state index contributed by atoms with van der Waals surface area (Å²) < 4.78 is 11.5. The maximum absolute atomic E-state index is 6.29. The number of benzene rings is 1. The zero-order valence-electron chi connectivity index (χ0n) is 12.1. The third kappa shape index (κ3) is 4.19. The third-order valence-corrected chi connectivity index (χ3v) is 4.27. The van der Waals surface area contributed by atoms with Crippen molar-refractivity contribution in [2.45, 2.75) is 38.3 Å². The lowest BCUT2D eigenvalue weighted by Gasteiger charge is -2.28. The van der Waals surface area contributed by atoms with Crippen molar-refractivity contribution in [3.8, 4) is 0 Å². The van der Waals surface area contributed by atoms with Crippen LogP contribution < -0.4 is 5.73 Å². The molecule has 4 heteroatoms. The second kappa shape index (κ2) is 7.99.